The number of ether oxygens (including phenoxy) is 1. The minimum atomic E-state index is -0.316. The van der Waals surface area contributed by atoms with Crippen molar-refractivity contribution in [3.8, 4) is 0 Å². The highest BCUT2D eigenvalue weighted by atomic mass is 19.1. The van der Waals surface area contributed by atoms with Gasteiger partial charge in [-0.2, -0.15) is 0 Å². The van der Waals surface area contributed by atoms with Gasteiger partial charge >= 0.3 is 5.97 Å². The van der Waals surface area contributed by atoms with Gasteiger partial charge in [-0.3, -0.25) is 9.69 Å². The van der Waals surface area contributed by atoms with E-state index in [4.69, 9.17) is 9.15 Å². The molecule has 0 N–H and O–H groups in total. The van der Waals surface area contributed by atoms with Crippen LogP contribution in [0.2, 0.25) is 0 Å². The molecule has 134 valence electrons. The number of aromatic nitrogens is 2. The lowest BCUT2D eigenvalue weighted by molar-refractivity contribution is -0.144. The molecule has 0 spiro atoms. The molecule has 1 heterocycles. The van der Waals surface area contributed by atoms with E-state index in [1.807, 2.05) is 4.90 Å². The lowest BCUT2D eigenvalue weighted by atomic mass is 9.85. The summed E-state index contributed by atoms with van der Waals surface area (Å²) in [7, 11) is 0. The van der Waals surface area contributed by atoms with Crippen molar-refractivity contribution in [2.24, 2.45) is 0 Å². The van der Waals surface area contributed by atoms with Crippen molar-refractivity contribution in [3.05, 3.63) is 47.4 Å². The van der Waals surface area contributed by atoms with Crippen LogP contribution in [0.15, 0.2) is 28.7 Å². The molecule has 0 bridgehead atoms. The van der Waals surface area contributed by atoms with Crippen LogP contribution in [0.1, 0.15) is 49.4 Å². The largest absolute Gasteiger partial charge is 0.465 e. The minimum absolute atomic E-state index is 0.104. The first-order valence-corrected chi connectivity index (χ1v) is 8.58. The third-order valence-electron chi connectivity index (χ3n) is 4.27. The number of nitrogens with zero attached hydrogens (tertiary/aromatic N) is 3. The summed E-state index contributed by atoms with van der Waals surface area (Å²) in [4.78, 5) is 13.7. The van der Waals surface area contributed by atoms with Crippen molar-refractivity contribution in [2.45, 2.75) is 45.2 Å². The van der Waals surface area contributed by atoms with Crippen LogP contribution in [0.3, 0.4) is 0 Å². The van der Waals surface area contributed by atoms with Gasteiger partial charge < -0.3 is 9.15 Å². The van der Waals surface area contributed by atoms with E-state index in [1.54, 1.807) is 19.1 Å². The molecule has 6 nitrogen and oxygen atoms in total. The van der Waals surface area contributed by atoms with Crippen molar-refractivity contribution in [2.75, 3.05) is 13.2 Å². The average molecular weight is 347 g/mol. The smallest absolute Gasteiger partial charge is 0.320 e. The molecule has 0 atom stereocenters. The van der Waals surface area contributed by atoms with E-state index in [9.17, 15) is 9.18 Å². The highest BCUT2D eigenvalue weighted by Gasteiger charge is 2.25. The summed E-state index contributed by atoms with van der Waals surface area (Å²) in [5, 5.41) is 8.21. The standard InChI is InChI=1S/C18H22FN3O3/c1-2-24-17(23)12-22(10-13-6-8-15(19)9-7-13)11-16-20-21-18(25-16)14-4-3-5-14/h6-9,14H,2-5,10-12H2,1H3. The Bertz CT molecular complexity index is 698. The third-order valence-corrected chi connectivity index (χ3v) is 4.27. The molecule has 1 aromatic carbocycles. The van der Waals surface area contributed by atoms with Crippen molar-refractivity contribution in [3.63, 3.8) is 0 Å². The normalized spacial score (nSPS) is 14.5. The number of esters is 1. The van der Waals surface area contributed by atoms with Crippen LogP contribution >= 0.6 is 0 Å². The second kappa shape index (κ2) is 8.20. The van der Waals surface area contributed by atoms with Gasteiger partial charge in [0.2, 0.25) is 11.8 Å². The van der Waals surface area contributed by atoms with Crippen LogP contribution in [0.5, 0.6) is 0 Å². The molecule has 0 aliphatic heterocycles. The fourth-order valence-corrected chi connectivity index (χ4v) is 2.75. The van der Waals surface area contributed by atoms with Gasteiger partial charge in [0.25, 0.3) is 0 Å². The van der Waals surface area contributed by atoms with Crippen molar-refractivity contribution < 1.29 is 18.3 Å². The van der Waals surface area contributed by atoms with Gasteiger partial charge in [-0.05, 0) is 37.5 Å². The molecule has 7 heteroatoms. The molecule has 1 aliphatic carbocycles. The van der Waals surface area contributed by atoms with Crippen molar-refractivity contribution >= 4 is 5.97 Å². The van der Waals surface area contributed by atoms with Crippen LogP contribution in [0.25, 0.3) is 0 Å². The summed E-state index contributed by atoms with van der Waals surface area (Å²) in [6.07, 6.45) is 3.37. The molecule has 3 rings (SSSR count). The fraction of sp³-hybridized carbons (Fsp3) is 0.500. The highest BCUT2D eigenvalue weighted by molar-refractivity contribution is 5.71. The lowest BCUT2D eigenvalue weighted by Gasteiger charge is -2.21. The van der Waals surface area contributed by atoms with Crippen LogP contribution in [0.4, 0.5) is 4.39 Å². The lowest BCUT2D eigenvalue weighted by Crippen LogP contribution is -2.30. The van der Waals surface area contributed by atoms with Gasteiger partial charge in [-0.25, -0.2) is 4.39 Å². The summed E-state index contributed by atoms with van der Waals surface area (Å²) in [6.45, 7) is 3.00. The number of rotatable bonds is 8. The summed E-state index contributed by atoms with van der Waals surface area (Å²) in [5.74, 6) is 0.926. The molecule has 1 saturated carbocycles. The maximum atomic E-state index is 13.1. The van der Waals surface area contributed by atoms with E-state index < -0.39 is 0 Å². The molecule has 2 aromatic rings. The molecule has 1 aliphatic rings. The predicted octanol–water partition coefficient (Wildman–Crippen LogP) is 3.04. The molecule has 1 fully saturated rings. The van der Waals surface area contributed by atoms with Gasteiger partial charge in [-0.1, -0.05) is 18.6 Å². The Morgan fingerprint density at radius 1 is 1.28 bits per heavy atom. The second-order valence-electron chi connectivity index (χ2n) is 6.24. The zero-order valence-corrected chi connectivity index (χ0v) is 14.3. The monoisotopic (exact) mass is 347 g/mol. The van der Waals surface area contributed by atoms with Crippen LogP contribution in [-0.4, -0.2) is 34.2 Å². The topological polar surface area (TPSA) is 68.5 Å². The fourth-order valence-electron chi connectivity index (χ4n) is 2.75. The second-order valence-corrected chi connectivity index (χ2v) is 6.24. The minimum Gasteiger partial charge on any atom is -0.465 e. The summed E-state index contributed by atoms with van der Waals surface area (Å²) >= 11 is 0. The number of benzene rings is 1. The quantitative estimate of drug-likeness (QED) is 0.684. The SMILES string of the molecule is CCOC(=O)CN(Cc1ccc(F)cc1)Cc1nnc(C2CCC2)o1. The Balaban J connectivity index is 1.67. The predicted molar refractivity (Wildman–Crippen MR) is 88.0 cm³/mol. The van der Waals surface area contributed by atoms with Crippen LogP contribution < -0.4 is 0 Å². The Morgan fingerprint density at radius 2 is 2.04 bits per heavy atom. The molecule has 0 saturated heterocycles. The van der Waals surface area contributed by atoms with Gasteiger partial charge in [0.05, 0.1) is 19.7 Å². The van der Waals surface area contributed by atoms with Crippen LogP contribution in [-0.2, 0) is 22.6 Å². The summed E-state index contributed by atoms with van der Waals surface area (Å²) < 4.78 is 23.8. The summed E-state index contributed by atoms with van der Waals surface area (Å²) in [6, 6.07) is 6.20. The molecular weight excluding hydrogens is 325 g/mol. The maximum absolute atomic E-state index is 13.1. The molecular formula is C18H22FN3O3. The zero-order valence-electron chi connectivity index (χ0n) is 14.3. The third kappa shape index (κ3) is 4.85. The number of hydrogen-bond donors (Lipinski definition) is 0. The van der Waals surface area contributed by atoms with E-state index >= 15 is 0 Å². The van der Waals surface area contributed by atoms with Gasteiger partial charge in [0.1, 0.15) is 5.82 Å². The van der Waals surface area contributed by atoms with E-state index in [2.05, 4.69) is 10.2 Å². The number of carbonyl (C=O) groups is 1. The zero-order chi connectivity index (χ0) is 17.6. The Morgan fingerprint density at radius 3 is 2.68 bits per heavy atom. The van der Waals surface area contributed by atoms with Gasteiger partial charge in [-0.15, -0.1) is 10.2 Å². The van der Waals surface area contributed by atoms with E-state index in [0.29, 0.717) is 37.4 Å². The maximum Gasteiger partial charge on any atom is 0.320 e. The Kier molecular flexibility index (Phi) is 5.75. The molecule has 0 unspecified atom stereocenters. The first-order chi connectivity index (χ1) is 12.1. The Hall–Kier alpha value is -2.28. The molecule has 1 aromatic heterocycles. The molecule has 0 amide bonds. The molecule has 0 radical (unpaired) electrons. The first kappa shape index (κ1) is 17.5. The van der Waals surface area contributed by atoms with Gasteiger partial charge in [0.15, 0.2) is 0 Å². The van der Waals surface area contributed by atoms with Crippen molar-refractivity contribution in [1.82, 2.24) is 15.1 Å². The van der Waals surface area contributed by atoms with E-state index in [-0.39, 0.29) is 18.3 Å². The number of carbonyl (C=O) groups excluding carboxylic acids is 1. The Labute approximate surface area is 146 Å². The average Bonchev–Trinajstić information content (AvgIpc) is 2.96. The highest BCUT2D eigenvalue weighted by Crippen LogP contribution is 2.35. The summed E-state index contributed by atoms with van der Waals surface area (Å²) in [5.41, 5.74) is 0.893. The molecule has 25 heavy (non-hydrogen) atoms. The van der Waals surface area contributed by atoms with Crippen LogP contribution in [0, 0.1) is 5.82 Å². The van der Waals surface area contributed by atoms with E-state index in [0.717, 1.165) is 18.4 Å². The first-order valence-electron chi connectivity index (χ1n) is 8.58. The number of hydrogen-bond acceptors (Lipinski definition) is 6. The number of halogens is 1. The van der Waals surface area contributed by atoms with E-state index in [1.165, 1.54) is 18.6 Å². The van der Waals surface area contributed by atoms with Gasteiger partial charge in [0, 0.05) is 12.5 Å². The van der Waals surface area contributed by atoms with Crippen molar-refractivity contribution in [1.29, 1.82) is 0 Å².